The third kappa shape index (κ3) is 3.57. The molecule has 0 aliphatic carbocycles. The van der Waals surface area contributed by atoms with Gasteiger partial charge in [-0.05, 0) is 26.7 Å². The Morgan fingerprint density at radius 1 is 1.38 bits per heavy atom. The van der Waals surface area contributed by atoms with E-state index < -0.39 is 0 Å². The second-order valence-corrected chi connectivity index (χ2v) is 6.49. The Morgan fingerprint density at radius 3 is 2.69 bits per heavy atom. The lowest BCUT2D eigenvalue weighted by molar-refractivity contribution is 0.0699. The van der Waals surface area contributed by atoms with Crippen LogP contribution in [0.2, 0.25) is 0 Å². The van der Waals surface area contributed by atoms with Crippen LogP contribution in [-0.2, 0) is 17.8 Å². The van der Waals surface area contributed by atoms with E-state index in [0.29, 0.717) is 44.2 Å². The lowest BCUT2D eigenvalue weighted by atomic mass is 9.95. The number of piperidine rings is 1. The normalized spacial score (nSPS) is 15.6. The third-order valence-electron chi connectivity index (χ3n) is 4.77. The Balaban J connectivity index is 1.69. The van der Waals surface area contributed by atoms with Gasteiger partial charge in [0, 0.05) is 38.7 Å². The maximum atomic E-state index is 12.5. The number of ether oxygens (including phenoxy) is 1. The van der Waals surface area contributed by atoms with Crippen LogP contribution in [0.5, 0.6) is 0 Å². The van der Waals surface area contributed by atoms with Gasteiger partial charge in [0.1, 0.15) is 11.6 Å². The molecule has 0 N–H and O–H groups in total. The molecule has 0 unspecified atom stereocenters. The molecule has 3 rings (SSSR count). The molecule has 9 nitrogen and oxygen atoms in total. The first-order valence-electron chi connectivity index (χ1n) is 8.94. The maximum absolute atomic E-state index is 12.5. The summed E-state index contributed by atoms with van der Waals surface area (Å²) in [7, 11) is 1.60. The summed E-state index contributed by atoms with van der Waals surface area (Å²) in [4.78, 5) is 26.7. The second-order valence-electron chi connectivity index (χ2n) is 6.49. The number of aryl methyl sites for hydroxylation is 1. The van der Waals surface area contributed by atoms with Crippen molar-refractivity contribution in [2.24, 2.45) is 0 Å². The van der Waals surface area contributed by atoms with E-state index in [1.54, 1.807) is 29.6 Å². The number of carbonyl (C=O) groups excluding carboxylic acids is 1. The minimum Gasteiger partial charge on any atom is -0.383 e. The predicted molar refractivity (Wildman–Crippen MR) is 93.2 cm³/mol. The lowest BCUT2D eigenvalue weighted by Gasteiger charge is -2.31. The van der Waals surface area contributed by atoms with Gasteiger partial charge in [-0.15, -0.1) is 0 Å². The molecular formula is C17H25N5O4. The molecular weight excluding hydrogens is 338 g/mol. The van der Waals surface area contributed by atoms with Gasteiger partial charge in [0.05, 0.1) is 13.2 Å². The van der Waals surface area contributed by atoms with E-state index in [0.717, 1.165) is 18.7 Å². The van der Waals surface area contributed by atoms with Crippen molar-refractivity contribution >= 4 is 5.91 Å². The minimum atomic E-state index is -0.112. The Hall–Kier alpha value is -2.42. The number of hydrogen-bond acceptors (Lipinski definition) is 6. The highest BCUT2D eigenvalue weighted by Gasteiger charge is 2.29. The van der Waals surface area contributed by atoms with Gasteiger partial charge in [-0.25, -0.2) is 9.48 Å². The van der Waals surface area contributed by atoms with Crippen LogP contribution < -0.4 is 5.69 Å². The molecule has 0 atom stereocenters. The first-order chi connectivity index (χ1) is 12.5. The summed E-state index contributed by atoms with van der Waals surface area (Å²) in [5, 5.41) is 8.33. The standard InChI is InChI=1S/C17H25N5O4/c1-4-21-15(18-22(17(21)24)9-10-25-3)13-5-7-20(8-6-13)16(23)14-11-12(2)26-19-14/h11,13H,4-10H2,1-3H3. The molecule has 142 valence electrons. The third-order valence-corrected chi connectivity index (χ3v) is 4.77. The molecule has 9 heteroatoms. The summed E-state index contributed by atoms with van der Waals surface area (Å²) in [5.41, 5.74) is 0.242. The summed E-state index contributed by atoms with van der Waals surface area (Å²) in [5.74, 6) is 1.48. The predicted octanol–water partition coefficient (Wildman–Crippen LogP) is 1.03. The van der Waals surface area contributed by atoms with Crippen LogP contribution >= 0.6 is 0 Å². The van der Waals surface area contributed by atoms with Crippen LogP contribution in [0.1, 0.15) is 47.8 Å². The fraction of sp³-hybridized carbons (Fsp3) is 0.647. The fourth-order valence-electron chi connectivity index (χ4n) is 3.35. The SMILES string of the molecule is CCn1c(C2CCN(C(=O)c3cc(C)on3)CC2)nn(CCOC)c1=O. The average molecular weight is 363 g/mol. The van der Waals surface area contributed by atoms with Crippen LogP contribution in [0.25, 0.3) is 0 Å². The molecule has 0 saturated carbocycles. The molecule has 1 aliphatic heterocycles. The number of amides is 1. The van der Waals surface area contributed by atoms with Gasteiger partial charge in [-0.2, -0.15) is 5.10 Å². The number of aromatic nitrogens is 4. The highest BCUT2D eigenvalue weighted by molar-refractivity contribution is 5.92. The Kier molecular flexibility index (Phi) is 5.55. The molecule has 1 fully saturated rings. The first kappa shape index (κ1) is 18.4. The summed E-state index contributed by atoms with van der Waals surface area (Å²) in [6.45, 7) is 6.40. The zero-order valence-electron chi connectivity index (χ0n) is 15.5. The van der Waals surface area contributed by atoms with Crippen molar-refractivity contribution in [2.45, 2.75) is 45.7 Å². The van der Waals surface area contributed by atoms with Crippen molar-refractivity contribution in [2.75, 3.05) is 26.8 Å². The van der Waals surface area contributed by atoms with Crippen LogP contribution in [0.15, 0.2) is 15.4 Å². The molecule has 3 heterocycles. The average Bonchev–Trinajstić information content (AvgIpc) is 3.22. The quantitative estimate of drug-likeness (QED) is 0.761. The second kappa shape index (κ2) is 7.86. The maximum Gasteiger partial charge on any atom is 0.345 e. The number of methoxy groups -OCH3 is 1. The van der Waals surface area contributed by atoms with Gasteiger partial charge in [0.2, 0.25) is 0 Å². The summed E-state index contributed by atoms with van der Waals surface area (Å²) in [6, 6.07) is 1.65. The van der Waals surface area contributed by atoms with Crippen LogP contribution in [0, 0.1) is 6.92 Å². The molecule has 0 aromatic carbocycles. The van der Waals surface area contributed by atoms with Crippen molar-refractivity contribution in [1.82, 2.24) is 24.4 Å². The molecule has 0 bridgehead atoms. The van der Waals surface area contributed by atoms with Crippen molar-refractivity contribution in [3.63, 3.8) is 0 Å². The van der Waals surface area contributed by atoms with Gasteiger partial charge in [0.15, 0.2) is 5.69 Å². The molecule has 2 aromatic heterocycles. The number of rotatable bonds is 6. The monoisotopic (exact) mass is 363 g/mol. The molecule has 1 amide bonds. The first-order valence-corrected chi connectivity index (χ1v) is 8.94. The fourth-order valence-corrected chi connectivity index (χ4v) is 3.35. The van der Waals surface area contributed by atoms with E-state index in [9.17, 15) is 9.59 Å². The molecule has 26 heavy (non-hydrogen) atoms. The largest absolute Gasteiger partial charge is 0.383 e. The molecule has 0 radical (unpaired) electrons. The minimum absolute atomic E-state index is 0.101. The molecule has 0 spiro atoms. The van der Waals surface area contributed by atoms with Crippen molar-refractivity contribution in [3.05, 3.63) is 33.8 Å². The van der Waals surface area contributed by atoms with E-state index >= 15 is 0 Å². The van der Waals surface area contributed by atoms with E-state index in [1.807, 2.05) is 6.92 Å². The molecule has 1 aliphatic rings. The van der Waals surface area contributed by atoms with Gasteiger partial charge >= 0.3 is 5.69 Å². The zero-order chi connectivity index (χ0) is 18.7. The highest BCUT2D eigenvalue weighted by atomic mass is 16.5. The Morgan fingerprint density at radius 2 is 2.12 bits per heavy atom. The van der Waals surface area contributed by atoms with Gasteiger partial charge in [0.25, 0.3) is 5.91 Å². The van der Waals surface area contributed by atoms with Crippen LogP contribution in [0.3, 0.4) is 0 Å². The molecule has 1 saturated heterocycles. The number of hydrogen-bond donors (Lipinski definition) is 0. The number of nitrogens with zero attached hydrogens (tertiary/aromatic N) is 5. The lowest BCUT2D eigenvalue weighted by Crippen LogP contribution is -2.38. The summed E-state index contributed by atoms with van der Waals surface area (Å²) >= 11 is 0. The number of carbonyl (C=O) groups is 1. The summed E-state index contributed by atoms with van der Waals surface area (Å²) < 4.78 is 13.2. The topological polar surface area (TPSA) is 95.4 Å². The number of likely N-dealkylation sites (tertiary alicyclic amines) is 1. The van der Waals surface area contributed by atoms with Crippen LogP contribution in [-0.4, -0.2) is 57.1 Å². The summed E-state index contributed by atoms with van der Waals surface area (Å²) in [6.07, 6.45) is 1.53. The van der Waals surface area contributed by atoms with Crippen LogP contribution in [0.4, 0.5) is 0 Å². The van der Waals surface area contributed by atoms with Gasteiger partial charge in [-0.1, -0.05) is 5.16 Å². The van der Waals surface area contributed by atoms with E-state index in [2.05, 4.69) is 10.3 Å². The van der Waals surface area contributed by atoms with E-state index in [1.165, 1.54) is 4.68 Å². The van der Waals surface area contributed by atoms with Gasteiger partial charge < -0.3 is 14.2 Å². The van der Waals surface area contributed by atoms with Crippen molar-refractivity contribution < 1.29 is 14.1 Å². The Labute approximate surface area is 151 Å². The van der Waals surface area contributed by atoms with Crippen molar-refractivity contribution in [1.29, 1.82) is 0 Å². The van der Waals surface area contributed by atoms with E-state index in [-0.39, 0.29) is 17.5 Å². The highest BCUT2D eigenvalue weighted by Crippen LogP contribution is 2.27. The van der Waals surface area contributed by atoms with Gasteiger partial charge in [-0.3, -0.25) is 9.36 Å². The van der Waals surface area contributed by atoms with E-state index in [4.69, 9.17) is 9.26 Å². The van der Waals surface area contributed by atoms with Crippen molar-refractivity contribution in [3.8, 4) is 0 Å². The smallest absolute Gasteiger partial charge is 0.345 e. The Bertz CT molecular complexity index is 813. The molecule has 2 aromatic rings. The zero-order valence-corrected chi connectivity index (χ0v) is 15.5.